The molecule has 0 N–H and O–H groups in total. The molecule has 0 amide bonds. The van der Waals surface area contributed by atoms with Gasteiger partial charge in [-0.15, -0.1) is 0 Å². The Balaban J connectivity index is 1.93. The van der Waals surface area contributed by atoms with Gasteiger partial charge in [0.15, 0.2) is 0 Å². The number of rotatable bonds is 4. The summed E-state index contributed by atoms with van der Waals surface area (Å²) in [5.41, 5.74) is 3.12. The van der Waals surface area contributed by atoms with Gasteiger partial charge < -0.3 is 4.74 Å². The van der Waals surface area contributed by atoms with Crippen LogP contribution in [0.15, 0.2) is 24.3 Å². The molecule has 2 heteroatoms. The van der Waals surface area contributed by atoms with Gasteiger partial charge in [-0.3, -0.25) is 4.79 Å². The van der Waals surface area contributed by atoms with Crippen molar-refractivity contribution < 1.29 is 9.53 Å². The lowest BCUT2D eigenvalue weighted by Crippen LogP contribution is -2.19. The fourth-order valence-corrected chi connectivity index (χ4v) is 2.70. The average Bonchev–Trinajstić information content (AvgIpc) is 2.64. The van der Waals surface area contributed by atoms with Crippen LogP contribution in [0.25, 0.3) is 0 Å². The van der Waals surface area contributed by atoms with E-state index in [-0.39, 0.29) is 11.4 Å². The summed E-state index contributed by atoms with van der Waals surface area (Å²) in [4.78, 5) is 11.4. The Morgan fingerprint density at radius 3 is 2.41 bits per heavy atom. The number of carbonyl (C=O) groups is 1. The number of ether oxygens (including phenoxy) is 1. The fourth-order valence-electron chi connectivity index (χ4n) is 2.70. The van der Waals surface area contributed by atoms with Gasteiger partial charge in [0.05, 0.1) is 6.61 Å². The second kappa shape index (κ2) is 4.91. The summed E-state index contributed by atoms with van der Waals surface area (Å²) in [6, 6.07) is 8.59. The molecule has 1 aromatic carbocycles. The molecule has 1 aromatic rings. The standard InChI is InChI=1S/C15H20O2/c1-3-17-14(16)8-9-15(2)10-12-6-4-5-7-13(12)11-15/h4-7H,3,8-11H2,1-2H3. The average molecular weight is 232 g/mol. The van der Waals surface area contributed by atoms with E-state index in [4.69, 9.17) is 4.74 Å². The number of fused-ring (bicyclic) bond motifs is 1. The van der Waals surface area contributed by atoms with Gasteiger partial charge in [0.2, 0.25) is 0 Å². The number of hydrogen-bond acceptors (Lipinski definition) is 2. The molecular formula is C15H20O2. The highest BCUT2D eigenvalue weighted by Gasteiger charge is 2.32. The molecule has 1 aliphatic carbocycles. The Bertz CT molecular complexity index is 384. The maximum Gasteiger partial charge on any atom is 0.305 e. The van der Waals surface area contributed by atoms with Crippen LogP contribution in [0.3, 0.4) is 0 Å². The summed E-state index contributed by atoms with van der Waals surface area (Å²) in [5, 5.41) is 0. The van der Waals surface area contributed by atoms with Gasteiger partial charge in [-0.2, -0.15) is 0 Å². The molecule has 0 spiro atoms. The molecule has 92 valence electrons. The zero-order valence-corrected chi connectivity index (χ0v) is 10.7. The third kappa shape index (κ3) is 2.87. The Hall–Kier alpha value is -1.31. The fraction of sp³-hybridized carbons (Fsp3) is 0.533. The van der Waals surface area contributed by atoms with Gasteiger partial charge in [-0.1, -0.05) is 31.2 Å². The van der Waals surface area contributed by atoms with Crippen LogP contribution in [0.1, 0.15) is 37.8 Å². The van der Waals surface area contributed by atoms with E-state index in [1.54, 1.807) is 0 Å². The lowest BCUT2D eigenvalue weighted by atomic mass is 9.82. The molecular weight excluding hydrogens is 212 g/mol. The molecule has 1 aliphatic rings. The van der Waals surface area contributed by atoms with Crippen molar-refractivity contribution in [3.63, 3.8) is 0 Å². The molecule has 0 saturated carbocycles. The summed E-state index contributed by atoms with van der Waals surface area (Å²) >= 11 is 0. The Morgan fingerprint density at radius 1 is 1.29 bits per heavy atom. The predicted molar refractivity (Wildman–Crippen MR) is 67.8 cm³/mol. The molecule has 2 nitrogen and oxygen atoms in total. The molecule has 2 rings (SSSR count). The van der Waals surface area contributed by atoms with Crippen LogP contribution < -0.4 is 0 Å². The summed E-state index contributed by atoms with van der Waals surface area (Å²) < 4.78 is 4.98. The molecule has 0 unspecified atom stereocenters. The first-order valence-corrected chi connectivity index (χ1v) is 6.35. The minimum absolute atomic E-state index is 0.0651. The van der Waals surface area contributed by atoms with Crippen LogP contribution in [0.5, 0.6) is 0 Å². The van der Waals surface area contributed by atoms with E-state index in [0.29, 0.717) is 13.0 Å². The zero-order chi connectivity index (χ0) is 12.3. The van der Waals surface area contributed by atoms with E-state index >= 15 is 0 Å². The maximum atomic E-state index is 11.4. The topological polar surface area (TPSA) is 26.3 Å². The number of hydrogen-bond donors (Lipinski definition) is 0. The highest BCUT2D eigenvalue weighted by Crippen LogP contribution is 2.39. The van der Waals surface area contributed by atoms with Gasteiger partial charge in [-0.25, -0.2) is 0 Å². The van der Waals surface area contributed by atoms with Crippen molar-refractivity contribution in [2.45, 2.75) is 39.5 Å². The molecule has 0 fully saturated rings. The first kappa shape index (κ1) is 12.2. The monoisotopic (exact) mass is 232 g/mol. The number of esters is 1. The highest BCUT2D eigenvalue weighted by molar-refractivity contribution is 5.69. The smallest absolute Gasteiger partial charge is 0.305 e. The van der Waals surface area contributed by atoms with E-state index in [1.807, 2.05) is 6.92 Å². The SMILES string of the molecule is CCOC(=O)CCC1(C)Cc2ccccc2C1. The van der Waals surface area contributed by atoms with Gasteiger partial charge in [0.1, 0.15) is 0 Å². The van der Waals surface area contributed by atoms with E-state index in [9.17, 15) is 4.79 Å². The van der Waals surface area contributed by atoms with Crippen LogP contribution in [0.2, 0.25) is 0 Å². The Labute approximate surface area is 103 Å². The summed E-state index contributed by atoms with van der Waals surface area (Å²) in [7, 11) is 0. The van der Waals surface area contributed by atoms with Gasteiger partial charge in [-0.05, 0) is 42.7 Å². The van der Waals surface area contributed by atoms with Crippen LogP contribution in [0, 0.1) is 5.41 Å². The highest BCUT2D eigenvalue weighted by atomic mass is 16.5. The second-order valence-electron chi connectivity index (χ2n) is 5.24. The summed E-state index contributed by atoms with van der Waals surface area (Å²) in [5.74, 6) is -0.0651. The first-order valence-electron chi connectivity index (χ1n) is 6.35. The van der Waals surface area contributed by atoms with E-state index in [2.05, 4.69) is 31.2 Å². The Morgan fingerprint density at radius 2 is 1.88 bits per heavy atom. The van der Waals surface area contributed by atoms with Gasteiger partial charge in [0.25, 0.3) is 0 Å². The summed E-state index contributed by atoms with van der Waals surface area (Å²) in [6.07, 6.45) is 3.63. The van der Waals surface area contributed by atoms with Crippen LogP contribution >= 0.6 is 0 Å². The summed E-state index contributed by atoms with van der Waals surface area (Å²) in [6.45, 7) is 4.60. The number of carbonyl (C=O) groups excluding carboxylic acids is 1. The largest absolute Gasteiger partial charge is 0.466 e. The minimum Gasteiger partial charge on any atom is -0.466 e. The van der Waals surface area contributed by atoms with E-state index < -0.39 is 0 Å². The van der Waals surface area contributed by atoms with Crippen LogP contribution in [-0.2, 0) is 22.4 Å². The van der Waals surface area contributed by atoms with Crippen molar-refractivity contribution in [1.82, 2.24) is 0 Å². The van der Waals surface area contributed by atoms with Crippen molar-refractivity contribution in [3.8, 4) is 0 Å². The van der Waals surface area contributed by atoms with Crippen LogP contribution in [0.4, 0.5) is 0 Å². The van der Waals surface area contributed by atoms with E-state index in [0.717, 1.165) is 19.3 Å². The molecule has 0 saturated heterocycles. The molecule has 0 radical (unpaired) electrons. The number of benzene rings is 1. The van der Waals surface area contributed by atoms with Gasteiger partial charge in [0, 0.05) is 6.42 Å². The van der Waals surface area contributed by atoms with Crippen LogP contribution in [-0.4, -0.2) is 12.6 Å². The first-order chi connectivity index (χ1) is 8.13. The maximum absolute atomic E-state index is 11.4. The van der Waals surface area contributed by atoms with Crippen molar-refractivity contribution in [2.24, 2.45) is 5.41 Å². The van der Waals surface area contributed by atoms with Crippen molar-refractivity contribution >= 4 is 5.97 Å². The third-order valence-electron chi connectivity index (χ3n) is 3.59. The van der Waals surface area contributed by atoms with E-state index in [1.165, 1.54) is 11.1 Å². The van der Waals surface area contributed by atoms with Gasteiger partial charge >= 0.3 is 5.97 Å². The second-order valence-corrected chi connectivity index (χ2v) is 5.24. The molecule has 0 aliphatic heterocycles. The molecule has 17 heavy (non-hydrogen) atoms. The lowest BCUT2D eigenvalue weighted by Gasteiger charge is -2.22. The molecule has 0 bridgehead atoms. The lowest BCUT2D eigenvalue weighted by molar-refractivity contribution is -0.143. The molecule has 0 atom stereocenters. The quantitative estimate of drug-likeness (QED) is 0.745. The zero-order valence-electron chi connectivity index (χ0n) is 10.7. The van der Waals surface area contributed by atoms with Crippen molar-refractivity contribution in [3.05, 3.63) is 35.4 Å². The van der Waals surface area contributed by atoms with Crippen molar-refractivity contribution in [2.75, 3.05) is 6.61 Å². The molecule has 0 aromatic heterocycles. The predicted octanol–water partition coefficient (Wildman–Crippen LogP) is 3.13. The normalized spacial score (nSPS) is 16.6. The molecule has 0 heterocycles. The minimum atomic E-state index is -0.0651. The van der Waals surface area contributed by atoms with Crippen molar-refractivity contribution in [1.29, 1.82) is 0 Å². The third-order valence-corrected chi connectivity index (χ3v) is 3.59. The Kier molecular flexibility index (Phi) is 3.51.